The van der Waals surface area contributed by atoms with E-state index in [4.69, 9.17) is 21.1 Å². The van der Waals surface area contributed by atoms with Crippen LogP contribution in [-0.4, -0.2) is 29.9 Å². The average Bonchev–Trinajstić information content (AvgIpc) is 3.15. The lowest BCUT2D eigenvalue weighted by Gasteiger charge is -2.26. The minimum absolute atomic E-state index is 0.115. The summed E-state index contributed by atoms with van der Waals surface area (Å²) >= 11 is 12.3. The predicted octanol–water partition coefficient (Wildman–Crippen LogP) is 5.76. The molecule has 0 spiro atoms. The molecule has 2 heterocycles. The molecule has 0 saturated carbocycles. The third-order valence-electron chi connectivity index (χ3n) is 5.39. The molecule has 1 aliphatic rings. The van der Waals surface area contributed by atoms with Crippen LogP contribution in [-0.2, 0) is 9.53 Å². The summed E-state index contributed by atoms with van der Waals surface area (Å²) in [5.41, 5.74) is -1.99. The molecule has 4 rings (SSSR count). The van der Waals surface area contributed by atoms with Crippen molar-refractivity contribution in [3.63, 3.8) is 0 Å². The third-order valence-corrected chi connectivity index (χ3v) is 7.89. The predicted molar refractivity (Wildman–Crippen MR) is 150 cm³/mol. The van der Waals surface area contributed by atoms with E-state index in [2.05, 4.69) is 43.5 Å². The topological polar surface area (TPSA) is 69.9 Å². The normalized spacial score (nSPS) is 15.8. The van der Waals surface area contributed by atoms with Crippen LogP contribution < -0.4 is 19.6 Å². The van der Waals surface area contributed by atoms with Gasteiger partial charge in [0, 0.05) is 15.1 Å². The molecule has 0 saturated heterocycles. The Bertz CT molecular complexity index is 1620. The molecule has 0 unspecified atom stereocenters. The first-order valence-corrected chi connectivity index (χ1v) is 14.2. The average molecular weight is 742 g/mol. The first-order chi connectivity index (χ1) is 18.0. The Hall–Kier alpha value is -2.16. The summed E-state index contributed by atoms with van der Waals surface area (Å²) in [6.45, 7) is 3.51. The smallest absolute Gasteiger partial charge is 0.434 e. The number of hydrogen-bond donors (Lipinski definition) is 0. The highest BCUT2D eigenvalue weighted by atomic mass is 127. The zero-order valence-electron chi connectivity index (χ0n) is 19.7. The van der Waals surface area contributed by atoms with Crippen LogP contribution in [0.5, 0.6) is 5.75 Å². The van der Waals surface area contributed by atoms with Crippen LogP contribution in [0.4, 0.5) is 13.2 Å². The van der Waals surface area contributed by atoms with Gasteiger partial charge in [-0.25, -0.2) is 9.79 Å². The number of ether oxygens (including phenoxy) is 2. The highest BCUT2D eigenvalue weighted by Gasteiger charge is 2.45. The van der Waals surface area contributed by atoms with Gasteiger partial charge in [-0.05, 0) is 72.3 Å². The van der Waals surface area contributed by atoms with E-state index in [0.29, 0.717) is 22.9 Å². The van der Waals surface area contributed by atoms with E-state index in [-0.39, 0.29) is 21.5 Å². The molecule has 6 nitrogen and oxygen atoms in total. The summed E-state index contributed by atoms with van der Waals surface area (Å²) in [5.74, 6) is -0.683. The van der Waals surface area contributed by atoms with Gasteiger partial charge < -0.3 is 9.47 Å². The van der Waals surface area contributed by atoms with Gasteiger partial charge in [-0.2, -0.15) is 13.2 Å². The van der Waals surface area contributed by atoms with Crippen LogP contribution in [0.2, 0.25) is 5.02 Å². The number of nitrogens with zero attached hydrogens (tertiary/aromatic N) is 2. The van der Waals surface area contributed by atoms with Crippen molar-refractivity contribution in [3.8, 4) is 5.75 Å². The minimum Gasteiger partial charge on any atom is -0.492 e. The van der Waals surface area contributed by atoms with Crippen LogP contribution in [0.25, 0.3) is 6.08 Å². The van der Waals surface area contributed by atoms with Gasteiger partial charge in [-0.15, -0.1) is 0 Å². The standard InChI is InChI=1S/C25H18BrClF3IN2O4S/c1-3-36-20-13(9-14(26)11-16(20)31)10-17-22(34)33-19(12-5-7-15(27)8-6-12)18(23(35)37-4-2)21(25(28,29)30)32-24(33)38-17/h5-11,19H,3-4H2,1-2H3/b17-10-/t19-/m0/s1. The maximum Gasteiger partial charge on any atom is 0.434 e. The number of carbonyl (C=O) groups excluding carboxylic acids is 1. The summed E-state index contributed by atoms with van der Waals surface area (Å²) in [4.78, 5) is 30.2. The fourth-order valence-corrected chi connectivity index (χ4v) is 6.75. The van der Waals surface area contributed by atoms with E-state index in [1.807, 2.05) is 13.0 Å². The number of esters is 1. The second kappa shape index (κ2) is 11.5. The molecule has 0 aliphatic carbocycles. The lowest BCUT2D eigenvalue weighted by atomic mass is 9.95. The summed E-state index contributed by atoms with van der Waals surface area (Å²) in [7, 11) is 0. The zero-order valence-corrected chi connectivity index (χ0v) is 25.1. The molecule has 0 bridgehead atoms. The Morgan fingerprint density at radius 1 is 1.24 bits per heavy atom. The molecular weight excluding hydrogens is 724 g/mol. The van der Waals surface area contributed by atoms with Crippen LogP contribution in [0.3, 0.4) is 0 Å². The van der Waals surface area contributed by atoms with Crippen molar-refractivity contribution >= 4 is 73.5 Å². The summed E-state index contributed by atoms with van der Waals surface area (Å²) in [6.07, 6.45) is -3.44. The Kier molecular flexibility index (Phi) is 8.75. The van der Waals surface area contributed by atoms with Crippen LogP contribution in [0.15, 0.2) is 61.9 Å². The van der Waals surface area contributed by atoms with Gasteiger partial charge in [0.1, 0.15) is 5.75 Å². The number of alkyl halides is 3. The molecule has 0 fully saturated rings. The molecule has 0 N–H and O–H groups in total. The van der Waals surface area contributed by atoms with Crippen molar-refractivity contribution in [2.24, 2.45) is 4.99 Å². The number of halogens is 6. The van der Waals surface area contributed by atoms with Gasteiger partial charge in [0.05, 0.1) is 32.9 Å². The maximum absolute atomic E-state index is 14.2. The van der Waals surface area contributed by atoms with Crippen LogP contribution in [0.1, 0.15) is 31.0 Å². The Balaban J connectivity index is 2.06. The molecule has 13 heteroatoms. The molecule has 3 aromatic rings. The molecular formula is C25H18BrClF3IN2O4S. The first kappa shape index (κ1) is 28.8. The van der Waals surface area contributed by atoms with Gasteiger partial charge >= 0.3 is 12.1 Å². The van der Waals surface area contributed by atoms with E-state index < -0.39 is 35.0 Å². The van der Waals surface area contributed by atoms with Crippen molar-refractivity contribution in [1.82, 2.24) is 4.57 Å². The van der Waals surface area contributed by atoms with Crippen molar-refractivity contribution in [2.45, 2.75) is 26.1 Å². The minimum atomic E-state index is -4.98. The Morgan fingerprint density at radius 3 is 2.53 bits per heavy atom. The largest absolute Gasteiger partial charge is 0.492 e. The van der Waals surface area contributed by atoms with Crippen molar-refractivity contribution in [3.05, 3.63) is 91.5 Å². The fraction of sp³-hybridized carbons (Fsp3) is 0.240. The second-order valence-corrected chi connectivity index (χ2v) is 11.4. The Morgan fingerprint density at radius 2 is 1.92 bits per heavy atom. The van der Waals surface area contributed by atoms with Gasteiger partial charge in [-0.3, -0.25) is 9.36 Å². The lowest BCUT2D eigenvalue weighted by molar-refractivity contribution is -0.140. The number of aromatic nitrogens is 1. The number of carbonyl (C=O) groups is 1. The summed E-state index contributed by atoms with van der Waals surface area (Å²) < 4.78 is 56.1. The van der Waals surface area contributed by atoms with Crippen LogP contribution >= 0.6 is 61.5 Å². The maximum atomic E-state index is 14.2. The molecule has 200 valence electrons. The van der Waals surface area contributed by atoms with E-state index in [0.717, 1.165) is 23.9 Å². The van der Waals surface area contributed by atoms with Crippen molar-refractivity contribution < 1.29 is 27.4 Å². The number of fused-ring (bicyclic) bond motifs is 1. The monoisotopic (exact) mass is 740 g/mol. The first-order valence-electron chi connectivity index (χ1n) is 11.1. The molecule has 0 amide bonds. The second-order valence-electron chi connectivity index (χ2n) is 7.85. The third kappa shape index (κ3) is 5.73. The number of benzene rings is 2. The molecule has 0 radical (unpaired) electrons. The Labute approximate surface area is 245 Å². The summed E-state index contributed by atoms with van der Waals surface area (Å²) in [5, 5.41) is 0.339. The van der Waals surface area contributed by atoms with Crippen molar-refractivity contribution in [1.29, 1.82) is 0 Å². The van der Waals surface area contributed by atoms with Crippen molar-refractivity contribution in [2.75, 3.05) is 13.2 Å². The molecule has 1 aliphatic heterocycles. The molecule has 38 heavy (non-hydrogen) atoms. The van der Waals surface area contributed by atoms with Gasteiger partial charge in [0.15, 0.2) is 10.5 Å². The SMILES string of the molecule is CCOC(=O)C1=C(C(F)(F)F)N=c2s/c(=C\c3cc(Br)cc(I)c3OCC)c(=O)n2[C@H]1c1ccc(Cl)cc1. The number of hydrogen-bond acceptors (Lipinski definition) is 6. The molecule has 1 atom stereocenters. The van der Waals surface area contributed by atoms with Crippen LogP contribution in [0, 0.1) is 3.57 Å². The lowest BCUT2D eigenvalue weighted by Crippen LogP contribution is -2.41. The number of thiazole rings is 1. The van der Waals surface area contributed by atoms with E-state index in [1.165, 1.54) is 31.2 Å². The number of allylic oxidation sites excluding steroid dienone is 1. The van der Waals surface area contributed by atoms with Gasteiger partial charge in [0.25, 0.3) is 5.56 Å². The fourth-order valence-electron chi connectivity index (χ4n) is 3.93. The van der Waals surface area contributed by atoms with E-state index in [9.17, 15) is 22.8 Å². The van der Waals surface area contributed by atoms with Gasteiger partial charge in [0.2, 0.25) is 0 Å². The highest BCUT2D eigenvalue weighted by Crippen LogP contribution is 2.38. The molecule has 2 aromatic carbocycles. The number of rotatable bonds is 6. The van der Waals surface area contributed by atoms with Gasteiger partial charge in [-0.1, -0.05) is 51.0 Å². The molecule has 1 aromatic heterocycles. The highest BCUT2D eigenvalue weighted by molar-refractivity contribution is 14.1. The van der Waals surface area contributed by atoms with E-state index >= 15 is 0 Å². The van der Waals surface area contributed by atoms with E-state index in [1.54, 1.807) is 12.1 Å². The summed E-state index contributed by atoms with van der Waals surface area (Å²) in [6, 6.07) is 8.02. The quantitative estimate of drug-likeness (QED) is 0.238. The zero-order chi connectivity index (χ0) is 27.8.